The normalized spacial score (nSPS) is 18.4. The molecule has 8 nitrogen and oxygen atoms in total. The van der Waals surface area contributed by atoms with Crippen LogP contribution >= 0.6 is 0 Å². The minimum atomic E-state index is -0.835. The molecule has 2 aliphatic heterocycles. The topological polar surface area (TPSA) is 110 Å². The van der Waals surface area contributed by atoms with E-state index in [0.29, 0.717) is 38.8 Å². The molecule has 0 saturated carbocycles. The molecule has 258 valence electrons. The van der Waals surface area contributed by atoms with Crippen molar-refractivity contribution in [3.63, 3.8) is 0 Å². The van der Waals surface area contributed by atoms with Crippen LogP contribution in [0.3, 0.4) is 0 Å². The number of piperazine rings is 1. The molecule has 4 atom stereocenters. The van der Waals surface area contributed by atoms with Gasteiger partial charge in [-0.25, -0.2) is 0 Å². The number of nitrogens with zero attached hydrogens (tertiary/aromatic N) is 2. The van der Waals surface area contributed by atoms with Crippen LogP contribution in [-0.4, -0.2) is 62.4 Å². The van der Waals surface area contributed by atoms with E-state index in [-0.39, 0.29) is 35.6 Å². The third kappa shape index (κ3) is 9.39. The second-order valence-corrected chi connectivity index (χ2v) is 13.7. The number of aromatic hydroxyl groups is 2. The number of fused-ring (bicyclic) bond motifs is 2. The summed E-state index contributed by atoms with van der Waals surface area (Å²) in [7, 11) is 0. The number of rotatable bonds is 12. The molecule has 1 unspecified atom stereocenters. The Morgan fingerprint density at radius 2 is 1.46 bits per heavy atom. The molecule has 5 rings (SSSR count). The lowest BCUT2D eigenvalue weighted by molar-refractivity contribution is -0.167. The molecular weight excluding hydrogens is 602 g/mol. The molecule has 2 heterocycles. The van der Waals surface area contributed by atoms with E-state index in [0.717, 1.165) is 34.1 Å². The summed E-state index contributed by atoms with van der Waals surface area (Å²) in [6, 6.07) is 19.0. The van der Waals surface area contributed by atoms with E-state index in [1.54, 1.807) is 58.3 Å². The Hall–Kier alpha value is -4.33. The SMILES string of the molecule is CCCC(C(=O)NCCc1ccc(O)cc1)N1C(=O)[C@@H]2Cc3ccccc3CN2C(=O)[C@@H]1Cc1ccc(O)cc1.CC[C@@H](C)CC(C)C. The van der Waals surface area contributed by atoms with Gasteiger partial charge in [0.2, 0.25) is 17.7 Å². The molecule has 0 spiro atoms. The molecule has 3 amide bonds. The third-order valence-electron chi connectivity index (χ3n) is 9.48. The summed E-state index contributed by atoms with van der Waals surface area (Å²) in [6.07, 6.45) is 5.05. The van der Waals surface area contributed by atoms with Crippen molar-refractivity contribution in [2.24, 2.45) is 11.8 Å². The van der Waals surface area contributed by atoms with Gasteiger partial charge in [0, 0.05) is 25.9 Å². The molecule has 0 bridgehead atoms. The highest BCUT2D eigenvalue weighted by molar-refractivity contribution is 6.00. The van der Waals surface area contributed by atoms with Crippen molar-refractivity contribution in [3.8, 4) is 11.5 Å². The van der Waals surface area contributed by atoms with Crippen LogP contribution < -0.4 is 5.32 Å². The molecule has 3 aromatic carbocycles. The van der Waals surface area contributed by atoms with Crippen LogP contribution in [0.1, 0.15) is 82.6 Å². The van der Waals surface area contributed by atoms with Crippen LogP contribution in [0, 0.1) is 11.8 Å². The highest BCUT2D eigenvalue weighted by Crippen LogP contribution is 2.33. The number of hydrogen-bond donors (Lipinski definition) is 3. The van der Waals surface area contributed by atoms with Gasteiger partial charge in [-0.05, 0) is 77.6 Å². The maximum Gasteiger partial charge on any atom is 0.247 e. The average Bonchev–Trinajstić information content (AvgIpc) is 3.07. The second kappa shape index (κ2) is 17.2. The van der Waals surface area contributed by atoms with Crippen molar-refractivity contribution in [1.82, 2.24) is 15.1 Å². The molecule has 0 aliphatic carbocycles. The largest absolute Gasteiger partial charge is 0.508 e. The van der Waals surface area contributed by atoms with Gasteiger partial charge in [0.15, 0.2) is 0 Å². The summed E-state index contributed by atoms with van der Waals surface area (Å²) in [5.41, 5.74) is 3.85. The Balaban J connectivity index is 0.000000579. The van der Waals surface area contributed by atoms with Gasteiger partial charge in [0.05, 0.1) is 0 Å². The van der Waals surface area contributed by atoms with Crippen molar-refractivity contribution < 1.29 is 24.6 Å². The van der Waals surface area contributed by atoms with E-state index in [2.05, 4.69) is 33.0 Å². The van der Waals surface area contributed by atoms with E-state index in [4.69, 9.17) is 0 Å². The summed E-state index contributed by atoms with van der Waals surface area (Å²) in [5.74, 6) is 1.47. The van der Waals surface area contributed by atoms with Crippen LogP contribution in [0.4, 0.5) is 0 Å². The van der Waals surface area contributed by atoms with Crippen molar-refractivity contribution in [3.05, 3.63) is 95.1 Å². The van der Waals surface area contributed by atoms with Crippen LogP contribution in [0.2, 0.25) is 0 Å². The standard InChI is InChI=1S/C32H35N3O5.C8H18/c1-2-5-27(30(38)33-17-16-21-8-12-25(36)13-9-21)35-29(18-22-10-14-26(37)15-11-22)31(39)34-20-24-7-4-3-6-23(24)19-28(34)32(35)40;1-5-8(4)6-7(2)3/h3-4,6-15,27-29,36-37H,2,5,16-20H2,1H3,(H,33,38);7-8H,5-6H2,1-4H3/t27?,28-,29-;8-/m01/s1. The van der Waals surface area contributed by atoms with Crippen LogP contribution in [0.15, 0.2) is 72.8 Å². The van der Waals surface area contributed by atoms with Gasteiger partial charge in [-0.15, -0.1) is 0 Å². The van der Waals surface area contributed by atoms with Crippen LogP contribution in [0.5, 0.6) is 11.5 Å². The van der Waals surface area contributed by atoms with E-state index in [1.165, 1.54) is 12.8 Å². The highest BCUT2D eigenvalue weighted by Gasteiger charge is 2.50. The number of amides is 3. The fourth-order valence-corrected chi connectivity index (χ4v) is 6.77. The highest BCUT2D eigenvalue weighted by atomic mass is 16.3. The minimum Gasteiger partial charge on any atom is -0.508 e. The van der Waals surface area contributed by atoms with E-state index < -0.39 is 18.1 Å². The zero-order valence-electron chi connectivity index (χ0n) is 29.2. The molecule has 3 aromatic rings. The lowest BCUT2D eigenvalue weighted by atomic mass is 9.87. The molecule has 8 heteroatoms. The Morgan fingerprint density at radius 3 is 2.02 bits per heavy atom. The van der Waals surface area contributed by atoms with Crippen molar-refractivity contribution in [2.75, 3.05) is 6.54 Å². The van der Waals surface area contributed by atoms with Gasteiger partial charge >= 0.3 is 0 Å². The number of hydrogen-bond acceptors (Lipinski definition) is 5. The smallest absolute Gasteiger partial charge is 0.247 e. The predicted molar refractivity (Wildman–Crippen MR) is 189 cm³/mol. The van der Waals surface area contributed by atoms with Gasteiger partial charge in [-0.2, -0.15) is 0 Å². The first-order valence-corrected chi connectivity index (χ1v) is 17.5. The van der Waals surface area contributed by atoms with Gasteiger partial charge < -0.3 is 25.3 Å². The quantitative estimate of drug-likeness (QED) is 0.209. The van der Waals surface area contributed by atoms with Crippen LogP contribution in [0.25, 0.3) is 0 Å². The number of carbonyl (C=O) groups is 3. The van der Waals surface area contributed by atoms with Crippen molar-refractivity contribution in [1.29, 1.82) is 0 Å². The second-order valence-electron chi connectivity index (χ2n) is 13.7. The zero-order chi connectivity index (χ0) is 34.8. The number of carbonyl (C=O) groups excluding carboxylic acids is 3. The monoisotopic (exact) mass is 655 g/mol. The molecule has 2 aliphatic rings. The molecule has 0 aromatic heterocycles. The molecular formula is C40H53N3O5. The van der Waals surface area contributed by atoms with Gasteiger partial charge in [-0.3, -0.25) is 14.4 Å². The molecule has 0 radical (unpaired) electrons. The van der Waals surface area contributed by atoms with Gasteiger partial charge in [0.25, 0.3) is 0 Å². The minimum absolute atomic E-state index is 0.122. The fraction of sp³-hybridized carbons (Fsp3) is 0.475. The van der Waals surface area contributed by atoms with Gasteiger partial charge in [0.1, 0.15) is 29.6 Å². The summed E-state index contributed by atoms with van der Waals surface area (Å²) in [5, 5.41) is 22.3. The van der Waals surface area contributed by atoms with Crippen molar-refractivity contribution >= 4 is 17.7 Å². The summed E-state index contributed by atoms with van der Waals surface area (Å²) >= 11 is 0. The van der Waals surface area contributed by atoms with Crippen LogP contribution in [-0.2, 0) is 40.2 Å². The number of phenolic OH excluding ortho intramolecular Hbond substituents is 2. The Bertz CT molecular complexity index is 1500. The molecule has 1 fully saturated rings. The lowest BCUT2D eigenvalue weighted by Gasteiger charge is -2.49. The van der Waals surface area contributed by atoms with Gasteiger partial charge in [-0.1, -0.05) is 96.0 Å². The Kier molecular flexibility index (Phi) is 13.1. The maximum atomic E-state index is 14.2. The molecule has 1 saturated heterocycles. The van der Waals surface area contributed by atoms with E-state index in [9.17, 15) is 24.6 Å². The summed E-state index contributed by atoms with van der Waals surface area (Å²) in [4.78, 5) is 45.1. The first-order chi connectivity index (χ1) is 23.0. The van der Waals surface area contributed by atoms with Crippen molar-refractivity contribution in [2.45, 2.75) is 104 Å². The molecule has 48 heavy (non-hydrogen) atoms. The van der Waals surface area contributed by atoms with E-state index >= 15 is 0 Å². The first-order valence-electron chi connectivity index (χ1n) is 17.5. The third-order valence-corrected chi connectivity index (χ3v) is 9.48. The zero-order valence-corrected chi connectivity index (χ0v) is 29.2. The Labute approximate surface area is 286 Å². The average molecular weight is 656 g/mol. The fourth-order valence-electron chi connectivity index (χ4n) is 6.77. The Morgan fingerprint density at radius 1 is 0.854 bits per heavy atom. The number of nitrogens with one attached hydrogen (secondary N) is 1. The summed E-state index contributed by atoms with van der Waals surface area (Å²) in [6.45, 7) is 11.8. The number of phenols is 2. The first kappa shape index (κ1) is 36.5. The maximum absolute atomic E-state index is 14.2. The van der Waals surface area contributed by atoms with E-state index in [1.807, 2.05) is 31.2 Å². The predicted octanol–water partition coefficient (Wildman–Crippen LogP) is 6.41. The lowest BCUT2D eigenvalue weighted by Crippen LogP contribution is -2.70. The molecule has 3 N–H and O–H groups in total. The summed E-state index contributed by atoms with van der Waals surface area (Å²) < 4.78 is 0. The number of benzene rings is 3.